The topological polar surface area (TPSA) is 144 Å². The number of benzene rings is 1. The summed E-state index contributed by atoms with van der Waals surface area (Å²) in [6.07, 6.45) is 0. The van der Waals surface area contributed by atoms with Crippen molar-refractivity contribution in [3.05, 3.63) is 24.3 Å². The minimum absolute atomic E-state index is 0.453. The molecule has 0 aliphatic rings. The molecule has 1 unspecified atom stereocenters. The first-order valence-electron chi connectivity index (χ1n) is 5.79. The molecular formula is C12H20BNO6. The Labute approximate surface area is 117 Å². The summed E-state index contributed by atoms with van der Waals surface area (Å²) in [4.78, 5) is 10.3. The number of carbonyl (C=O) groups is 1. The largest absolute Gasteiger partial charge is 0.488 e. The maximum absolute atomic E-state index is 10.3. The lowest BCUT2D eigenvalue weighted by Crippen LogP contribution is -2.53. The summed E-state index contributed by atoms with van der Waals surface area (Å²) in [5.74, 6) is -1.43. The van der Waals surface area contributed by atoms with Gasteiger partial charge in [-0.1, -0.05) is 12.1 Å². The van der Waals surface area contributed by atoms with E-state index in [1.54, 1.807) is 24.3 Å². The maximum Gasteiger partial charge on any atom is 0.488 e. The fourth-order valence-corrected chi connectivity index (χ4v) is 0.930. The van der Waals surface area contributed by atoms with Crippen LogP contribution in [0.25, 0.3) is 0 Å². The second kappa shape index (κ2) is 6.71. The SMILES string of the molecule is CC(C)(O)C(C)(O)C(=O)O.Nc1ccc(B(O)O)cc1. The summed E-state index contributed by atoms with van der Waals surface area (Å²) in [5, 5.41) is 43.8. The molecule has 0 aromatic heterocycles. The Kier molecular flexibility index (Phi) is 6.17. The molecule has 0 heterocycles. The lowest BCUT2D eigenvalue weighted by atomic mass is 9.80. The number of nitrogens with two attached hydrogens (primary N) is 1. The second-order valence-electron chi connectivity index (χ2n) is 4.98. The Balaban J connectivity index is 0.000000361. The highest BCUT2D eigenvalue weighted by Crippen LogP contribution is 2.20. The summed E-state index contributed by atoms with van der Waals surface area (Å²) < 4.78 is 0. The first-order valence-corrected chi connectivity index (χ1v) is 5.79. The van der Waals surface area contributed by atoms with E-state index < -0.39 is 24.3 Å². The molecule has 7 N–H and O–H groups in total. The highest BCUT2D eigenvalue weighted by molar-refractivity contribution is 6.58. The highest BCUT2D eigenvalue weighted by atomic mass is 16.4. The number of carboxylic acids is 1. The van der Waals surface area contributed by atoms with Gasteiger partial charge in [0.1, 0.15) is 0 Å². The third-order valence-electron chi connectivity index (χ3n) is 2.84. The molecule has 0 amide bonds. The molecule has 0 bridgehead atoms. The maximum atomic E-state index is 10.3. The van der Waals surface area contributed by atoms with Crippen LogP contribution < -0.4 is 11.2 Å². The molecule has 7 nitrogen and oxygen atoms in total. The van der Waals surface area contributed by atoms with Gasteiger partial charge >= 0.3 is 13.1 Å². The van der Waals surface area contributed by atoms with Crippen molar-refractivity contribution in [1.29, 1.82) is 0 Å². The predicted octanol–water partition coefficient (Wildman–Crippen LogP) is -1.46. The van der Waals surface area contributed by atoms with Crippen LogP contribution in [0.3, 0.4) is 0 Å². The standard InChI is InChI=1S/C6H8BNO2.C6H12O4/c8-6-3-1-5(2-4-6)7(9)10;1-5(2,9)6(3,10)4(7)8/h1-4,9-10H,8H2;9-10H,1-3H3,(H,7,8). The third-order valence-corrected chi connectivity index (χ3v) is 2.84. The fourth-order valence-electron chi connectivity index (χ4n) is 0.930. The van der Waals surface area contributed by atoms with E-state index in [1.807, 2.05) is 0 Å². The molecule has 0 spiro atoms. The van der Waals surface area contributed by atoms with Crippen LogP contribution in [0, 0.1) is 0 Å². The van der Waals surface area contributed by atoms with Crippen LogP contribution in [0.4, 0.5) is 5.69 Å². The van der Waals surface area contributed by atoms with E-state index in [9.17, 15) is 4.79 Å². The number of anilines is 1. The Morgan fingerprint density at radius 1 is 1.10 bits per heavy atom. The van der Waals surface area contributed by atoms with E-state index in [1.165, 1.54) is 13.8 Å². The molecule has 1 atom stereocenters. The summed E-state index contributed by atoms with van der Waals surface area (Å²) in [5.41, 5.74) is 2.72. The van der Waals surface area contributed by atoms with E-state index in [0.717, 1.165) is 6.92 Å². The lowest BCUT2D eigenvalue weighted by Gasteiger charge is -2.30. The minimum Gasteiger partial charge on any atom is -0.479 e. The molecule has 0 radical (unpaired) electrons. The average molecular weight is 285 g/mol. The summed E-state index contributed by atoms with van der Waals surface area (Å²) in [7, 11) is -1.40. The molecular weight excluding hydrogens is 265 g/mol. The molecule has 8 heteroatoms. The number of aliphatic hydroxyl groups is 2. The van der Waals surface area contributed by atoms with Gasteiger partial charge in [0.2, 0.25) is 0 Å². The molecule has 0 fully saturated rings. The van der Waals surface area contributed by atoms with Gasteiger partial charge in [-0.2, -0.15) is 0 Å². The third kappa shape index (κ3) is 5.18. The monoisotopic (exact) mass is 285 g/mol. The number of aliphatic carboxylic acids is 1. The molecule has 1 rings (SSSR count). The van der Waals surface area contributed by atoms with Crippen molar-refractivity contribution in [3.63, 3.8) is 0 Å². The molecule has 1 aromatic rings. The van der Waals surface area contributed by atoms with Gasteiger partial charge in [-0.25, -0.2) is 4.79 Å². The van der Waals surface area contributed by atoms with Crippen LogP contribution in [0.2, 0.25) is 0 Å². The van der Waals surface area contributed by atoms with Gasteiger partial charge in [0.15, 0.2) is 5.60 Å². The number of hydrogen-bond acceptors (Lipinski definition) is 6. The number of hydrogen-bond donors (Lipinski definition) is 6. The van der Waals surface area contributed by atoms with Crippen LogP contribution in [0.15, 0.2) is 24.3 Å². The van der Waals surface area contributed by atoms with Gasteiger partial charge in [0.05, 0.1) is 5.60 Å². The van der Waals surface area contributed by atoms with Gasteiger partial charge in [-0.05, 0) is 38.4 Å². The molecule has 0 aliphatic heterocycles. The smallest absolute Gasteiger partial charge is 0.479 e. The van der Waals surface area contributed by atoms with E-state index in [-0.39, 0.29) is 0 Å². The Morgan fingerprint density at radius 3 is 1.70 bits per heavy atom. The van der Waals surface area contributed by atoms with Crippen LogP contribution in [0.1, 0.15) is 20.8 Å². The second-order valence-corrected chi connectivity index (χ2v) is 4.98. The van der Waals surface area contributed by atoms with E-state index in [0.29, 0.717) is 11.2 Å². The molecule has 0 saturated heterocycles. The molecule has 20 heavy (non-hydrogen) atoms. The fraction of sp³-hybridized carbons (Fsp3) is 0.417. The Hall–Kier alpha value is -1.61. The number of nitrogen functional groups attached to an aromatic ring is 1. The number of rotatable bonds is 3. The molecule has 0 aliphatic carbocycles. The van der Waals surface area contributed by atoms with Crippen LogP contribution >= 0.6 is 0 Å². The number of carboxylic acid groups (broad SMARTS) is 1. The molecule has 0 saturated carbocycles. The minimum atomic E-state index is -2.09. The lowest BCUT2D eigenvalue weighted by molar-refractivity contribution is -0.181. The Morgan fingerprint density at radius 2 is 1.50 bits per heavy atom. The van der Waals surface area contributed by atoms with Gasteiger partial charge in [0, 0.05) is 5.69 Å². The first kappa shape index (κ1) is 18.4. The van der Waals surface area contributed by atoms with Gasteiger partial charge < -0.3 is 31.1 Å². The van der Waals surface area contributed by atoms with Crippen molar-refractivity contribution in [1.82, 2.24) is 0 Å². The van der Waals surface area contributed by atoms with Gasteiger partial charge in [0.25, 0.3) is 0 Å². The van der Waals surface area contributed by atoms with E-state index in [2.05, 4.69) is 0 Å². The van der Waals surface area contributed by atoms with Gasteiger partial charge in [-0.15, -0.1) is 0 Å². The predicted molar refractivity (Wildman–Crippen MR) is 75.2 cm³/mol. The summed E-state index contributed by atoms with van der Waals surface area (Å²) >= 11 is 0. The average Bonchev–Trinajstić information content (AvgIpc) is 2.28. The van der Waals surface area contributed by atoms with Gasteiger partial charge in [-0.3, -0.25) is 0 Å². The van der Waals surface area contributed by atoms with Crippen LogP contribution in [-0.2, 0) is 4.79 Å². The van der Waals surface area contributed by atoms with Crippen molar-refractivity contribution in [2.75, 3.05) is 5.73 Å². The van der Waals surface area contributed by atoms with Crippen molar-refractivity contribution in [2.24, 2.45) is 0 Å². The van der Waals surface area contributed by atoms with Crippen molar-refractivity contribution in [3.8, 4) is 0 Å². The Bertz CT molecular complexity index is 438. The quantitative estimate of drug-likeness (QED) is 0.294. The summed E-state index contributed by atoms with van der Waals surface area (Å²) in [6, 6.07) is 6.38. The van der Waals surface area contributed by atoms with E-state index >= 15 is 0 Å². The summed E-state index contributed by atoms with van der Waals surface area (Å²) in [6.45, 7) is 3.53. The zero-order valence-corrected chi connectivity index (χ0v) is 11.6. The first-order chi connectivity index (χ1) is 8.89. The van der Waals surface area contributed by atoms with Crippen molar-refractivity contribution in [2.45, 2.75) is 32.0 Å². The van der Waals surface area contributed by atoms with E-state index in [4.69, 9.17) is 31.1 Å². The zero-order valence-electron chi connectivity index (χ0n) is 11.6. The zero-order chi connectivity index (χ0) is 16.1. The molecule has 112 valence electrons. The normalized spacial score (nSPS) is 13.8. The molecule has 1 aromatic carbocycles. The van der Waals surface area contributed by atoms with Crippen molar-refractivity contribution >= 4 is 24.2 Å². The van der Waals surface area contributed by atoms with Crippen LogP contribution in [-0.4, -0.2) is 49.7 Å². The van der Waals surface area contributed by atoms with Crippen molar-refractivity contribution < 1.29 is 30.2 Å². The van der Waals surface area contributed by atoms with Crippen LogP contribution in [0.5, 0.6) is 0 Å². The highest BCUT2D eigenvalue weighted by Gasteiger charge is 2.44.